The smallest absolute Gasteiger partial charge is 0.279 e. The molecule has 0 saturated carbocycles. The Morgan fingerprint density at radius 2 is 2.05 bits per heavy atom. The van der Waals surface area contributed by atoms with Crippen LogP contribution in [-0.4, -0.2) is 70.5 Å². The van der Waals surface area contributed by atoms with Gasteiger partial charge in [-0.25, -0.2) is 4.72 Å². The summed E-state index contributed by atoms with van der Waals surface area (Å²) in [6, 6.07) is 0.327. The van der Waals surface area contributed by atoms with E-state index in [0.717, 1.165) is 38.9 Å². The lowest BCUT2D eigenvalue weighted by Gasteiger charge is -2.32. The van der Waals surface area contributed by atoms with Crippen molar-refractivity contribution in [3.63, 3.8) is 0 Å². The molecule has 2 N–H and O–H groups in total. The number of nitrogens with one attached hydrogen (secondary N) is 2. The van der Waals surface area contributed by atoms with Crippen LogP contribution in [0, 0.1) is 0 Å². The second-order valence-corrected chi connectivity index (χ2v) is 7.77. The van der Waals surface area contributed by atoms with E-state index in [-0.39, 0.29) is 0 Å². The van der Waals surface area contributed by atoms with Crippen LogP contribution in [0.3, 0.4) is 0 Å². The normalized spacial score (nSPS) is 21.0. The lowest BCUT2D eigenvalue weighted by atomic mass is 10.0. The SMILES string of the molecule is CCCNCCCN(C)S(=O)(=O)NCC1CCCCN1C. The molecule has 6 nitrogen and oxygen atoms in total. The van der Waals surface area contributed by atoms with Crippen LogP contribution in [0.1, 0.15) is 39.0 Å². The highest BCUT2D eigenvalue weighted by Crippen LogP contribution is 2.14. The van der Waals surface area contributed by atoms with E-state index in [1.54, 1.807) is 7.05 Å². The van der Waals surface area contributed by atoms with Crippen molar-refractivity contribution in [2.45, 2.75) is 45.1 Å². The standard InChI is InChI=1S/C14H32N4O2S/c1-4-9-15-10-7-12-18(3)21(19,20)16-13-14-8-5-6-11-17(14)2/h14-16H,4-13H2,1-3H3. The first kappa shape index (κ1) is 18.8. The molecule has 0 bridgehead atoms. The summed E-state index contributed by atoms with van der Waals surface area (Å²) in [5.74, 6) is 0. The van der Waals surface area contributed by atoms with E-state index < -0.39 is 10.2 Å². The molecule has 1 rings (SSSR count). The van der Waals surface area contributed by atoms with E-state index in [0.29, 0.717) is 19.1 Å². The Bertz CT molecular complexity index is 375. The topological polar surface area (TPSA) is 64.7 Å². The van der Waals surface area contributed by atoms with E-state index in [2.05, 4.69) is 28.9 Å². The van der Waals surface area contributed by atoms with E-state index in [9.17, 15) is 8.42 Å². The zero-order chi connectivity index (χ0) is 15.7. The summed E-state index contributed by atoms with van der Waals surface area (Å²) in [5, 5.41) is 3.28. The van der Waals surface area contributed by atoms with Crippen LogP contribution < -0.4 is 10.0 Å². The fourth-order valence-corrected chi connectivity index (χ4v) is 3.56. The predicted octanol–water partition coefficient (Wildman–Crippen LogP) is 0.627. The molecular formula is C14H32N4O2S. The van der Waals surface area contributed by atoms with Crippen molar-refractivity contribution in [3.05, 3.63) is 0 Å². The monoisotopic (exact) mass is 320 g/mol. The van der Waals surface area contributed by atoms with Crippen molar-refractivity contribution in [1.82, 2.24) is 19.2 Å². The number of rotatable bonds is 10. The average molecular weight is 321 g/mol. The van der Waals surface area contributed by atoms with Crippen molar-refractivity contribution < 1.29 is 8.42 Å². The Kier molecular flexibility index (Phi) is 8.73. The number of likely N-dealkylation sites (tertiary alicyclic amines) is 1. The summed E-state index contributed by atoms with van der Waals surface area (Å²) in [4.78, 5) is 2.25. The molecule has 0 spiro atoms. The molecule has 1 aliphatic heterocycles. The van der Waals surface area contributed by atoms with Gasteiger partial charge in [-0.3, -0.25) is 0 Å². The van der Waals surface area contributed by atoms with Gasteiger partial charge in [0.2, 0.25) is 0 Å². The summed E-state index contributed by atoms with van der Waals surface area (Å²) < 4.78 is 28.5. The minimum absolute atomic E-state index is 0.327. The highest BCUT2D eigenvalue weighted by molar-refractivity contribution is 7.87. The molecule has 126 valence electrons. The van der Waals surface area contributed by atoms with E-state index in [1.807, 2.05) is 0 Å². The fraction of sp³-hybridized carbons (Fsp3) is 1.00. The van der Waals surface area contributed by atoms with Crippen LogP contribution in [0.4, 0.5) is 0 Å². The quantitative estimate of drug-likeness (QED) is 0.580. The van der Waals surface area contributed by atoms with Crippen LogP contribution in [0.25, 0.3) is 0 Å². The number of likely N-dealkylation sites (N-methyl/N-ethyl adjacent to an activating group) is 1. The minimum Gasteiger partial charge on any atom is -0.317 e. The molecule has 1 unspecified atom stereocenters. The van der Waals surface area contributed by atoms with Gasteiger partial charge in [-0.2, -0.15) is 12.7 Å². The van der Waals surface area contributed by atoms with Crippen LogP contribution in [-0.2, 0) is 10.2 Å². The Labute approximate surface area is 130 Å². The molecule has 1 heterocycles. The largest absolute Gasteiger partial charge is 0.317 e. The van der Waals surface area contributed by atoms with Gasteiger partial charge in [0.15, 0.2) is 0 Å². The zero-order valence-electron chi connectivity index (χ0n) is 13.8. The Balaban J connectivity index is 2.27. The Morgan fingerprint density at radius 3 is 2.71 bits per heavy atom. The van der Waals surface area contributed by atoms with Gasteiger partial charge in [-0.05, 0) is 52.4 Å². The van der Waals surface area contributed by atoms with Gasteiger partial charge in [0.25, 0.3) is 10.2 Å². The molecular weight excluding hydrogens is 288 g/mol. The summed E-state index contributed by atoms with van der Waals surface area (Å²) in [7, 11) is 0.369. The maximum Gasteiger partial charge on any atom is 0.279 e. The lowest BCUT2D eigenvalue weighted by Crippen LogP contribution is -2.47. The number of hydrogen-bond donors (Lipinski definition) is 2. The third kappa shape index (κ3) is 7.06. The van der Waals surface area contributed by atoms with E-state index in [4.69, 9.17) is 0 Å². The highest BCUT2D eigenvalue weighted by atomic mass is 32.2. The molecule has 0 aromatic rings. The fourth-order valence-electron chi connectivity index (χ4n) is 2.56. The summed E-state index contributed by atoms with van der Waals surface area (Å²) in [5.41, 5.74) is 0. The molecule has 0 aromatic carbocycles. The van der Waals surface area contributed by atoms with E-state index >= 15 is 0 Å². The van der Waals surface area contributed by atoms with Gasteiger partial charge in [-0.15, -0.1) is 0 Å². The molecule has 1 fully saturated rings. The Hall–Kier alpha value is -0.210. The molecule has 7 heteroatoms. The van der Waals surface area contributed by atoms with E-state index in [1.165, 1.54) is 17.1 Å². The third-order valence-electron chi connectivity index (χ3n) is 4.09. The molecule has 1 atom stereocenters. The van der Waals surface area contributed by atoms with Gasteiger partial charge >= 0.3 is 0 Å². The van der Waals surface area contributed by atoms with Crippen LogP contribution in [0.15, 0.2) is 0 Å². The van der Waals surface area contributed by atoms with Crippen molar-refractivity contribution in [1.29, 1.82) is 0 Å². The van der Waals surface area contributed by atoms with Crippen LogP contribution >= 0.6 is 0 Å². The molecule has 21 heavy (non-hydrogen) atoms. The molecule has 0 aromatic heterocycles. The zero-order valence-corrected chi connectivity index (χ0v) is 14.6. The summed E-state index contributed by atoms with van der Waals surface area (Å²) in [6.07, 6.45) is 5.41. The maximum absolute atomic E-state index is 12.2. The second-order valence-electron chi connectivity index (χ2n) is 5.91. The van der Waals surface area contributed by atoms with Crippen molar-refractivity contribution >= 4 is 10.2 Å². The Morgan fingerprint density at radius 1 is 1.29 bits per heavy atom. The minimum atomic E-state index is -3.35. The van der Waals surface area contributed by atoms with Gasteiger partial charge in [0.1, 0.15) is 0 Å². The van der Waals surface area contributed by atoms with Crippen LogP contribution in [0.2, 0.25) is 0 Å². The highest BCUT2D eigenvalue weighted by Gasteiger charge is 2.23. The number of piperidine rings is 1. The van der Waals surface area contributed by atoms with Gasteiger partial charge < -0.3 is 10.2 Å². The van der Waals surface area contributed by atoms with Gasteiger partial charge in [-0.1, -0.05) is 13.3 Å². The van der Waals surface area contributed by atoms with Gasteiger partial charge in [0.05, 0.1) is 0 Å². The first-order valence-electron chi connectivity index (χ1n) is 8.09. The molecule has 0 aliphatic carbocycles. The van der Waals surface area contributed by atoms with Crippen molar-refractivity contribution in [2.75, 3.05) is 46.8 Å². The second kappa shape index (κ2) is 9.74. The average Bonchev–Trinajstić information content (AvgIpc) is 2.46. The number of hydrogen-bond acceptors (Lipinski definition) is 4. The van der Waals surface area contributed by atoms with Crippen molar-refractivity contribution in [3.8, 4) is 0 Å². The molecule has 0 radical (unpaired) electrons. The summed E-state index contributed by atoms with van der Waals surface area (Å²) in [6.45, 7) is 6.09. The summed E-state index contributed by atoms with van der Waals surface area (Å²) >= 11 is 0. The van der Waals surface area contributed by atoms with Crippen LogP contribution in [0.5, 0.6) is 0 Å². The lowest BCUT2D eigenvalue weighted by molar-refractivity contribution is 0.187. The third-order valence-corrected chi connectivity index (χ3v) is 5.62. The maximum atomic E-state index is 12.2. The first-order chi connectivity index (χ1) is 9.97. The van der Waals surface area contributed by atoms with Crippen molar-refractivity contribution in [2.24, 2.45) is 0 Å². The number of nitrogens with zero attached hydrogens (tertiary/aromatic N) is 2. The first-order valence-corrected chi connectivity index (χ1v) is 9.53. The molecule has 1 aliphatic rings. The molecule has 1 saturated heterocycles. The predicted molar refractivity (Wildman–Crippen MR) is 87.6 cm³/mol. The molecule has 0 amide bonds. The van der Waals surface area contributed by atoms with Gasteiger partial charge in [0, 0.05) is 26.2 Å².